The summed E-state index contributed by atoms with van der Waals surface area (Å²) in [7, 11) is 0. The van der Waals surface area contributed by atoms with Crippen molar-refractivity contribution in [3.8, 4) is 0 Å². The van der Waals surface area contributed by atoms with E-state index in [-0.39, 0.29) is 11.9 Å². The van der Waals surface area contributed by atoms with Crippen LogP contribution in [0, 0.1) is 5.82 Å². The molecule has 2 rings (SSSR count). The first-order valence-corrected chi connectivity index (χ1v) is 8.61. The minimum absolute atomic E-state index is 0.161. The Kier molecular flexibility index (Phi) is 6.40. The molecule has 1 atom stereocenters. The highest BCUT2D eigenvalue weighted by atomic mass is 79.9. The van der Waals surface area contributed by atoms with Gasteiger partial charge in [0.15, 0.2) is 0 Å². The highest BCUT2D eigenvalue weighted by Gasteiger charge is 2.15. The maximum absolute atomic E-state index is 13.3. The zero-order valence-electron chi connectivity index (χ0n) is 11.9. The van der Waals surface area contributed by atoms with Gasteiger partial charge in [0, 0.05) is 15.0 Å². The Balaban J connectivity index is 2.25. The van der Waals surface area contributed by atoms with E-state index in [0.29, 0.717) is 0 Å². The summed E-state index contributed by atoms with van der Waals surface area (Å²) in [5.41, 5.74) is 2.33. The molecule has 4 heteroatoms. The van der Waals surface area contributed by atoms with Crippen molar-refractivity contribution in [2.75, 3.05) is 6.54 Å². The summed E-state index contributed by atoms with van der Waals surface area (Å²) < 4.78 is 15.2. The smallest absolute Gasteiger partial charge is 0.124 e. The summed E-state index contributed by atoms with van der Waals surface area (Å²) in [6.07, 6.45) is 1.93. The predicted octanol–water partition coefficient (Wildman–Crippen LogP) is 5.63. The lowest BCUT2D eigenvalue weighted by Gasteiger charge is -2.21. The van der Waals surface area contributed by atoms with Crippen LogP contribution < -0.4 is 5.32 Å². The molecule has 0 spiro atoms. The lowest BCUT2D eigenvalue weighted by molar-refractivity contribution is 0.525. The van der Waals surface area contributed by atoms with Gasteiger partial charge in [-0.15, -0.1) is 0 Å². The topological polar surface area (TPSA) is 12.0 Å². The van der Waals surface area contributed by atoms with Crippen molar-refractivity contribution in [1.82, 2.24) is 5.32 Å². The Hall–Kier alpha value is -0.710. The monoisotopic (exact) mass is 413 g/mol. The molecule has 0 aliphatic carbocycles. The summed E-state index contributed by atoms with van der Waals surface area (Å²) in [5.74, 6) is -0.220. The summed E-state index contributed by atoms with van der Waals surface area (Å²) in [5, 5.41) is 3.55. The van der Waals surface area contributed by atoms with Gasteiger partial charge in [0.2, 0.25) is 0 Å². The number of nitrogens with one attached hydrogen (secondary N) is 1. The van der Waals surface area contributed by atoms with Crippen molar-refractivity contribution < 1.29 is 4.39 Å². The summed E-state index contributed by atoms with van der Waals surface area (Å²) >= 11 is 6.98. The predicted molar refractivity (Wildman–Crippen MR) is 93.0 cm³/mol. The third-order valence-corrected chi connectivity index (χ3v) is 4.49. The third-order valence-electron chi connectivity index (χ3n) is 3.31. The van der Waals surface area contributed by atoms with Crippen LogP contribution in [0.3, 0.4) is 0 Å². The van der Waals surface area contributed by atoms with Crippen molar-refractivity contribution >= 4 is 31.9 Å². The fraction of sp³-hybridized carbons (Fsp3) is 0.294. The average Bonchev–Trinajstić information content (AvgIpc) is 2.44. The summed E-state index contributed by atoms with van der Waals surface area (Å²) in [4.78, 5) is 0. The van der Waals surface area contributed by atoms with Gasteiger partial charge in [-0.05, 0) is 54.8 Å². The van der Waals surface area contributed by atoms with E-state index in [0.717, 1.165) is 33.9 Å². The second-order valence-corrected chi connectivity index (χ2v) is 6.78. The molecule has 112 valence electrons. The fourth-order valence-corrected chi connectivity index (χ4v) is 3.37. The zero-order chi connectivity index (χ0) is 15.2. The van der Waals surface area contributed by atoms with Gasteiger partial charge in [0.1, 0.15) is 5.82 Å². The van der Waals surface area contributed by atoms with E-state index in [9.17, 15) is 4.39 Å². The Bertz CT molecular complexity index is 601. The number of halogens is 3. The lowest BCUT2D eigenvalue weighted by atomic mass is 9.98. The van der Waals surface area contributed by atoms with Crippen molar-refractivity contribution in [3.63, 3.8) is 0 Å². The van der Waals surface area contributed by atoms with Gasteiger partial charge in [-0.1, -0.05) is 57.0 Å². The molecule has 0 aromatic heterocycles. The van der Waals surface area contributed by atoms with Crippen LogP contribution >= 0.6 is 31.9 Å². The fourth-order valence-electron chi connectivity index (χ4n) is 2.29. The molecule has 0 saturated carbocycles. The van der Waals surface area contributed by atoms with Crippen LogP contribution in [0.1, 0.15) is 30.5 Å². The lowest BCUT2D eigenvalue weighted by Crippen LogP contribution is -2.24. The number of benzene rings is 2. The standard InChI is InChI=1S/C17H18Br2FN/c1-2-8-21-17(10-12-4-3-5-13(18)9-12)15-7-6-14(20)11-16(15)19/h3-7,9,11,17,21H,2,8,10H2,1H3. The van der Waals surface area contributed by atoms with E-state index in [4.69, 9.17) is 0 Å². The largest absolute Gasteiger partial charge is 0.310 e. The second-order valence-electron chi connectivity index (χ2n) is 5.01. The van der Waals surface area contributed by atoms with E-state index in [1.54, 1.807) is 0 Å². The van der Waals surface area contributed by atoms with Crippen LogP contribution in [0.2, 0.25) is 0 Å². The molecular weight excluding hydrogens is 397 g/mol. The molecule has 0 aliphatic heterocycles. The summed E-state index contributed by atoms with van der Waals surface area (Å²) in [6.45, 7) is 3.07. The molecule has 0 bridgehead atoms. The van der Waals surface area contributed by atoms with Crippen molar-refractivity contribution in [3.05, 3.63) is 68.4 Å². The van der Waals surface area contributed by atoms with Crippen LogP contribution in [-0.4, -0.2) is 6.54 Å². The molecule has 0 saturated heterocycles. The highest BCUT2D eigenvalue weighted by molar-refractivity contribution is 9.10. The van der Waals surface area contributed by atoms with E-state index in [1.807, 2.05) is 18.2 Å². The first-order valence-electron chi connectivity index (χ1n) is 7.03. The molecule has 2 aromatic rings. The molecule has 0 amide bonds. The first-order chi connectivity index (χ1) is 10.1. The van der Waals surface area contributed by atoms with Crippen LogP contribution in [-0.2, 0) is 6.42 Å². The molecule has 21 heavy (non-hydrogen) atoms. The highest BCUT2D eigenvalue weighted by Crippen LogP contribution is 2.27. The Labute approximate surface area is 142 Å². The molecule has 0 fully saturated rings. The van der Waals surface area contributed by atoms with E-state index in [1.165, 1.54) is 17.7 Å². The molecule has 0 radical (unpaired) electrons. The third kappa shape index (κ3) is 4.90. The van der Waals surface area contributed by atoms with Crippen LogP contribution in [0.4, 0.5) is 4.39 Å². The van der Waals surface area contributed by atoms with Crippen molar-refractivity contribution in [1.29, 1.82) is 0 Å². The van der Waals surface area contributed by atoms with Gasteiger partial charge >= 0.3 is 0 Å². The van der Waals surface area contributed by atoms with E-state index >= 15 is 0 Å². The maximum Gasteiger partial charge on any atom is 0.124 e. The van der Waals surface area contributed by atoms with Gasteiger partial charge in [0.25, 0.3) is 0 Å². The van der Waals surface area contributed by atoms with Gasteiger partial charge in [-0.2, -0.15) is 0 Å². The minimum Gasteiger partial charge on any atom is -0.310 e. The SMILES string of the molecule is CCCNC(Cc1cccc(Br)c1)c1ccc(F)cc1Br. The molecule has 1 N–H and O–H groups in total. The van der Waals surface area contributed by atoms with Gasteiger partial charge in [0.05, 0.1) is 0 Å². The number of rotatable bonds is 6. The first kappa shape index (κ1) is 16.7. The van der Waals surface area contributed by atoms with Gasteiger partial charge in [-0.3, -0.25) is 0 Å². The van der Waals surface area contributed by atoms with Crippen LogP contribution in [0.5, 0.6) is 0 Å². The Morgan fingerprint density at radius 1 is 1.14 bits per heavy atom. The molecule has 2 aromatic carbocycles. The Morgan fingerprint density at radius 2 is 1.95 bits per heavy atom. The number of hydrogen-bond acceptors (Lipinski definition) is 1. The van der Waals surface area contributed by atoms with Crippen molar-refractivity contribution in [2.45, 2.75) is 25.8 Å². The molecule has 0 heterocycles. The zero-order valence-corrected chi connectivity index (χ0v) is 15.0. The molecule has 1 nitrogen and oxygen atoms in total. The van der Waals surface area contributed by atoms with Gasteiger partial charge in [-0.25, -0.2) is 4.39 Å². The normalized spacial score (nSPS) is 12.4. The summed E-state index contributed by atoms with van der Waals surface area (Å²) in [6, 6.07) is 13.3. The molecule has 0 aliphatic rings. The van der Waals surface area contributed by atoms with E-state index < -0.39 is 0 Å². The van der Waals surface area contributed by atoms with E-state index in [2.05, 4.69) is 56.2 Å². The average molecular weight is 415 g/mol. The quantitative estimate of drug-likeness (QED) is 0.645. The second kappa shape index (κ2) is 8.06. The van der Waals surface area contributed by atoms with Crippen molar-refractivity contribution in [2.24, 2.45) is 0 Å². The van der Waals surface area contributed by atoms with Gasteiger partial charge < -0.3 is 5.32 Å². The maximum atomic E-state index is 13.3. The van der Waals surface area contributed by atoms with Crippen LogP contribution in [0.15, 0.2) is 51.4 Å². The minimum atomic E-state index is -0.220. The number of hydrogen-bond donors (Lipinski definition) is 1. The molecule has 1 unspecified atom stereocenters. The molecular formula is C17H18Br2FN. The van der Waals surface area contributed by atoms with Crippen LogP contribution in [0.25, 0.3) is 0 Å². The Morgan fingerprint density at radius 3 is 2.62 bits per heavy atom.